The lowest BCUT2D eigenvalue weighted by molar-refractivity contribution is -0.138. The van der Waals surface area contributed by atoms with Gasteiger partial charge in [0.1, 0.15) is 10.4 Å². The van der Waals surface area contributed by atoms with Crippen molar-refractivity contribution in [3.8, 4) is 0 Å². The Morgan fingerprint density at radius 2 is 2.36 bits per heavy atom. The lowest BCUT2D eigenvalue weighted by atomic mass is 9.98. The molecular formula is C9H11Cl2NO2. The molecule has 0 aliphatic heterocycles. The van der Waals surface area contributed by atoms with Crippen LogP contribution in [0.2, 0.25) is 0 Å². The Bertz CT molecular complexity index is 297. The maximum atomic E-state index is 10.5. The van der Waals surface area contributed by atoms with E-state index in [0.717, 1.165) is 5.57 Å². The molecule has 1 atom stereocenters. The highest BCUT2D eigenvalue weighted by molar-refractivity contribution is 6.50. The minimum Gasteiger partial charge on any atom is -0.480 e. The fourth-order valence-electron chi connectivity index (χ4n) is 1.26. The second kappa shape index (κ2) is 4.34. The largest absolute Gasteiger partial charge is 0.480 e. The average molecular weight is 236 g/mol. The first-order valence-electron chi connectivity index (χ1n) is 4.14. The number of hydrogen-bond donors (Lipinski definition) is 2. The first-order chi connectivity index (χ1) is 6.41. The molecule has 3 N–H and O–H groups in total. The summed E-state index contributed by atoms with van der Waals surface area (Å²) in [6.07, 6.45) is 5.87. The van der Waals surface area contributed by atoms with Gasteiger partial charge in [-0.1, -0.05) is 40.9 Å². The third kappa shape index (κ3) is 3.33. The predicted octanol–water partition coefficient (Wildman–Crippen LogP) is 1.85. The molecule has 1 rings (SSSR count). The Labute approximate surface area is 92.2 Å². The van der Waals surface area contributed by atoms with Gasteiger partial charge in [0.2, 0.25) is 0 Å². The van der Waals surface area contributed by atoms with Crippen molar-refractivity contribution in [2.24, 2.45) is 5.73 Å². The molecule has 0 aromatic rings. The molecule has 0 amide bonds. The van der Waals surface area contributed by atoms with Crippen molar-refractivity contribution < 1.29 is 9.90 Å². The van der Waals surface area contributed by atoms with E-state index in [-0.39, 0.29) is 6.42 Å². The van der Waals surface area contributed by atoms with E-state index in [4.69, 9.17) is 34.0 Å². The summed E-state index contributed by atoms with van der Waals surface area (Å²) in [4.78, 5) is 10.5. The lowest BCUT2D eigenvalue weighted by Gasteiger charge is -2.21. The molecule has 0 saturated carbocycles. The molecule has 0 spiro atoms. The van der Waals surface area contributed by atoms with Gasteiger partial charge >= 0.3 is 5.97 Å². The Morgan fingerprint density at radius 1 is 1.71 bits per heavy atom. The number of carboxylic acids is 1. The third-order valence-electron chi connectivity index (χ3n) is 1.93. The van der Waals surface area contributed by atoms with Crippen molar-refractivity contribution in [3.05, 3.63) is 23.8 Å². The number of alkyl halides is 2. The third-order valence-corrected chi connectivity index (χ3v) is 2.45. The number of carboxylic acid groups (broad SMARTS) is 1. The molecule has 0 unspecified atom stereocenters. The minimum absolute atomic E-state index is 0.279. The predicted molar refractivity (Wildman–Crippen MR) is 56.5 cm³/mol. The summed E-state index contributed by atoms with van der Waals surface area (Å²) in [5, 5.41) is 8.61. The van der Waals surface area contributed by atoms with Crippen LogP contribution in [0.1, 0.15) is 12.8 Å². The van der Waals surface area contributed by atoms with Crippen molar-refractivity contribution in [3.63, 3.8) is 0 Å². The smallest absolute Gasteiger partial charge is 0.320 e. The highest BCUT2D eigenvalue weighted by Crippen LogP contribution is 2.34. The summed E-state index contributed by atoms with van der Waals surface area (Å²) in [6.45, 7) is 0. The summed E-state index contributed by atoms with van der Waals surface area (Å²) in [5.41, 5.74) is 6.24. The summed E-state index contributed by atoms with van der Waals surface area (Å²) in [7, 11) is 0. The molecule has 0 aromatic carbocycles. The Morgan fingerprint density at radius 3 is 2.86 bits per heavy atom. The molecule has 78 valence electrons. The zero-order valence-corrected chi connectivity index (χ0v) is 8.92. The Balaban J connectivity index is 2.59. The fourth-order valence-corrected chi connectivity index (χ4v) is 1.74. The summed E-state index contributed by atoms with van der Waals surface area (Å²) in [6, 6.07) is -0.892. The van der Waals surface area contributed by atoms with Gasteiger partial charge in [-0.2, -0.15) is 0 Å². The highest BCUT2D eigenvalue weighted by atomic mass is 35.5. The van der Waals surface area contributed by atoms with E-state index >= 15 is 0 Å². The molecular weight excluding hydrogens is 225 g/mol. The Hall–Kier alpha value is -0.510. The first kappa shape index (κ1) is 11.6. The van der Waals surface area contributed by atoms with Crippen LogP contribution < -0.4 is 5.73 Å². The van der Waals surface area contributed by atoms with Crippen molar-refractivity contribution in [1.29, 1.82) is 0 Å². The molecule has 1 aliphatic carbocycles. The van der Waals surface area contributed by atoms with Gasteiger partial charge in [-0.05, 0) is 12.5 Å². The van der Waals surface area contributed by atoms with Gasteiger partial charge in [-0.3, -0.25) is 4.79 Å². The van der Waals surface area contributed by atoms with Gasteiger partial charge < -0.3 is 10.8 Å². The van der Waals surface area contributed by atoms with Gasteiger partial charge in [-0.25, -0.2) is 0 Å². The molecule has 0 heterocycles. The van der Waals surface area contributed by atoms with Gasteiger partial charge in [0.15, 0.2) is 0 Å². The lowest BCUT2D eigenvalue weighted by Crippen LogP contribution is -2.31. The highest BCUT2D eigenvalue weighted by Gasteiger charge is 2.25. The van der Waals surface area contributed by atoms with E-state index in [1.54, 1.807) is 18.2 Å². The van der Waals surface area contributed by atoms with Crippen LogP contribution >= 0.6 is 23.2 Å². The van der Waals surface area contributed by atoms with Crippen LogP contribution in [0.25, 0.3) is 0 Å². The molecule has 0 bridgehead atoms. The maximum absolute atomic E-state index is 10.5. The topological polar surface area (TPSA) is 63.3 Å². The van der Waals surface area contributed by atoms with Crippen molar-refractivity contribution in [1.82, 2.24) is 0 Å². The average Bonchev–Trinajstić information content (AvgIpc) is 2.01. The van der Waals surface area contributed by atoms with Gasteiger partial charge in [0, 0.05) is 6.42 Å². The number of halogens is 2. The molecule has 3 nitrogen and oxygen atoms in total. The Kier molecular flexibility index (Phi) is 3.59. The van der Waals surface area contributed by atoms with Crippen LogP contribution in [0.4, 0.5) is 0 Å². The standard InChI is InChI=1S/C9H11Cl2NO2/c10-9(11)3-1-2-6(5-9)4-7(12)8(13)14/h1-3,7H,4-5,12H2,(H,13,14)/t7-/m0/s1. The zero-order chi connectivity index (χ0) is 10.8. The van der Waals surface area contributed by atoms with Crippen LogP contribution in [0, 0.1) is 0 Å². The second-order valence-corrected chi connectivity index (χ2v) is 4.81. The SMILES string of the molecule is N[C@@H](CC1=CC=CC(Cl)(Cl)C1)C(=O)O. The van der Waals surface area contributed by atoms with Crippen LogP contribution in [0.15, 0.2) is 23.8 Å². The van der Waals surface area contributed by atoms with E-state index in [1.807, 2.05) is 0 Å². The summed E-state index contributed by atoms with van der Waals surface area (Å²) >= 11 is 11.8. The molecule has 1 aliphatic rings. The molecule has 0 saturated heterocycles. The summed E-state index contributed by atoms with van der Waals surface area (Å²) in [5.74, 6) is -1.02. The van der Waals surface area contributed by atoms with E-state index in [2.05, 4.69) is 0 Å². The van der Waals surface area contributed by atoms with E-state index in [9.17, 15) is 4.79 Å². The van der Waals surface area contributed by atoms with Gasteiger partial charge in [0.05, 0.1) is 0 Å². The minimum atomic E-state index is -1.02. The quantitative estimate of drug-likeness (QED) is 0.735. The van der Waals surface area contributed by atoms with Crippen LogP contribution in [-0.4, -0.2) is 21.5 Å². The number of hydrogen-bond acceptors (Lipinski definition) is 2. The molecule has 5 heteroatoms. The van der Waals surface area contributed by atoms with Crippen LogP contribution in [-0.2, 0) is 4.79 Å². The number of aliphatic carboxylic acids is 1. The van der Waals surface area contributed by atoms with E-state index in [1.165, 1.54) is 0 Å². The van der Waals surface area contributed by atoms with Gasteiger partial charge in [-0.15, -0.1) is 0 Å². The van der Waals surface area contributed by atoms with Crippen molar-refractivity contribution in [2.75, 3.05) is 0 Å². The number of rotatable bonds is 3. The van der Waals surface area contributed by atoms with Crippen LogP contribution in [0.3, 0.4) is 0 Å². The molecule has 0 aromatic heterocycles. The van der Waals surface area contributed by atoms with Crippen LogP contribution in [0.5, 0.6) is 0 Å². The number of carbonyl (C=O) groups is 1. The number of allylic oxidation sites excluding steroid dienone is 3. The molecule has 14 heavy (non-hydrogen) atoms. The summed E-state index contributed by atoms with van der Waals surface area (Å²) < 4.78 is -0.928. The normalized spacial score (nSPS) is 21.5. The van der Waals surface area contributed by atoms with Crippen molar-refractivity contribution >= 4 is 29.2 Å². The van der Waals surface area contributed by atoms with E-state index < -0.39 is 16.3 Å². The van der Waals surface area contributed by atoms with Crippen molar-refractivity contribution in [2.45, 2.75) is 23.2 Å². The number of nitrogens with two attached hydrogens (primary N) is 1. The maximum Gasteiger partial charge on any atom is 0.320 e. The second-order valence-electron chi connectivity index (χ2n) is 3.27. The van der Waals surface area contributed by atoms with E-state index in [0.29, 0.717) is 6.42 Å². The zero-order valence-electron chi connectivity index (χ0n) is 7.41. The molecule has 0 radical (unpaired) electrons. The molecule has 0 fully saturated rings. The first-order valence-corrected chi connectivity index (χ1v) is 4.90. The van der Waals surface area contributed by atoms with Gasteiger partial charge in [0.25, 0.3) is 0 Å². The monoisotopic (exact) mass is 235 g/mol. The fraction of sp³-hybridized carbons (Fsp3) is 0.444.